The molecule has 0 amide bonds. The largest absolute Gasteiger partial charge is 0.357 e. The zero-order valence-electron chi connectivity index (χ0n) is 15.0. The highest BCUT2D eigenvalue weighted by molar-refractivity contribution is 5.79. The summed E-state index contributed by atoms with van der Waals surface area (Å²) in [6.07, 6.45) is 10.8. The predicted octanol–water partition coefficient (Wildman–Crippen LogP) is 3.21. The van der Waals surface area contributed by atoms with E-state index in [1.807, 2.05) is 10.9 Å². The molecule has 3 aromatic heterocycles. The molecule has 6 nitrogen and oxygen atoms in total. The average Bonchev–Trinajstić information content (AvgIpc) is 3.44. The lowest BCUT2D eigenvalue weighted by atomic mass is 10.1. The molecule has 0 bridgehead atoms. The SMILES string of the molecule is c1nn(C2CCCCO2)cc1-c1ccc2c(ccn2CC2CCNC2)n1. The van der Waals surface area contributed by atoms with E-state index in [0.717, 1.165) is 61.8 Å². The van der Waals surface area contributed by atoms with Crippen LogP contribution in [0.3, 0.4) is 0 Å². The van der Waals surface area contributed by atoms with Gasteiger partial charge in [0.2, 0.25) is 0 Å². The van der Waals surface area contributed by atoms with Crippen LogP contribution in [0, 0.1) is 5.92 Å². The Kier molecular flexibility index (Phi) is 4.22. The number of nitrogens with zero attached hydrogens (tertiary/aromatic N) is 4. The summed E-state index contributed by atoms with van der Waals surface area (Å²) < 4.78 is 10.1. The van der Waals surface area contributed by atoms with Gasteiger partial charge in [-0.1, -0.05) is 0 Å². The molecule has 0 aromatic carbocycles. The van der Waals surface area contributed by atoms with Gasteiger partial charge >= 0.3 is 0 Å². The van der Waals surface area contributed by atoms with Crippen LogP contribution in [0.2, 0.25) is 0 Å². The highest BCUT2D eigenvalue weighted by Gasteiger charge is 2.18. The molecule has 6 heteroatoms. The van der Waals surface area contributed by atoms with Gasteiger partial charge in [0.1, 0.15) is 6.23 Å². The van der Waals surface area contributed by atoms with E-state index >= 15 is 0 Å². The second kappa shape index (κ2) is 6.85. The molecule has 0 radical (unpaired) electrons. The van der Waals surface area contributed by atoms with E-state index in [4.69, 9.17) is 9.72 Å². The first-order valence-corrected chi connectivity index (χ1v) is 9.69. The van der Waals surface area contributed by atoms with Gasteiger partial charge in [0.05, 0.1) is 22.9 Å². The summed E-state index contributed by atoms with van der Waals surface area (Å²) in [6.45, 7) is 4.15. The molecule has 2 fully saturated rings. The summed E-state index contributed by atoms with van der Waals surface area (Å²) in [4.78, 5) is 4.87. The molecule has 3 aromatic rings. The minimum absolute atomic E-state index is 0.0716. The van der Waals surface area contributed by atoms with Crippen molar-refractivity contribution in [1.29, 1.82) is 0 Å². The predicted molar refractivity (Wildman–Crippen MR) is 101 cm³/mol. The van der Waals surface area contributed by atoms with Crippen molar-refractivity contribution in [2.75, 3.05) is 19.7 Å². The molecule has 5 heterocycles. The highest BCUT2D eigenvalue weighted by atomic mass is 16.5. The van der Waals surface area contributed by atoms with E-state index in [1.54, 1.807) is 0 Å². The highest BCUT2D eigenvalue weighted by Crippen LogP contribution is 2.26. The molecule has 2 aliphatic rings. The molecule has 136 valence electrons. The Morgan fingerprint density at radius 3 is 3.04 bits per heavy atom. The number of aromatic nitrogens is 4. The van der Waals surface area contributed by atoms with Crippen molar-refractivity contribution in [3.8, 4) is 11.3 Å². The number of hydrogen-bond donors (Lipinski definition) is 1. The van der Waals surface area contributed by atoms with E-state index in [1.165, 1.54) is 18.4 Å². The molecule has 2 atom stereocenters. The molecular formula is C20H25N5O. The maximum atomic E-state index is 5.82. The van der Waals surface area contributed by atoms with E-state index < -0.39 is 0 Å². The monoisotopic (exact) mass is 351 g/mol. The van der Waals surface area contributed by atoms with Crippen molar-refractivity contribution in [2.24, 2.45) is 5.92 Å². The minimum atomic E-state index is 0.0716. The van der Waals surface area contributed by atoms with Crippen LogP contribution in [0.25, 0.3) is 22.3 Å². The van der Waals surface area contributed by atoms with Crippen molar-refractivity contribution in [2.45, 2.75) is 38.5 Å². The fourth-order valence-corrected chi connectivity index (χ4v) is 4.10. The molecule has 0 saturated carbocycles. The van der Waals surface area contributed by atoms with Gasteiger partial charge in [-0.25, -0.2) is 9.67 Å². The molecule has 2 saturated heterocycles. The average molecular weight is 351 g/mol. The van der Waals surface area contributed by atoms with Crippen molar-refractivity contribution >= 4 is 11.0 Å². The van der Waals surface area contributed by atoms with Gasteiger partial charge in [0, 0.05) is 31.1 Å². The Labute approximate surface area is 153 Å². The van der Waals surface area contributed by atoms with Crippen LogP contribution in [0.15, 0.2) is 36.8 Å². The zero-order chi connectivity index (χ0) is 17.3. The number of fused-ring (bicyclic) bond motifs is 1. The van der Waals surface area contributed by atoms with E-state index in [-0.39, 0.29) is 6.23 Å². The Balaban J connectivity index is 1.38. The normalized spacial score (nSPS) is 23.7. The lowest BCUT2D eigenvalue weighted by Crippen LogP contribution is -2.18. The van der Waals surface area contributed by atoms with Gasteiger partial charge < -0.3 is 14.6 Å². The summed E-state index contributed by atoms with van der Waals surface area (Å²) in [7, 11) is 0. The summed E-state index contributed by atoms with van der Waals surface area (Å²) in [5.74, 6) is 0.721. The molecule has 26 heavy (non-hydrogen) atoms. The smallest absolute Gasteiger partial charge is 0.150 e. The second-order valence-electron chi connectivity index (χ2n) is 7.46. The van der Waals surface area contributed by atoms with E-state index in [0.29, 0.717) is 0 Å². The topological polar surface area (TPSA) is 56.9 Å². The quantitative estimate of drug-likeness (QED) is 0.784. The van der Waals surface area contributed by atoms with Gasteiger partial charge in [-0.3, -0.25) is 0 Å². The minimum Gasteiger partial charge on any atom is -0.357 e. The summed E-state index contributed by atoms with van der Waals surface area (Å²) in [6, 6.07) is 6.42. The van der Waals surface area contributed by atoms with E-state index in [2.05, 4.69) is 45.6 Å². The first kappa shape index (κ1) is 16.0. The van der Waals surface area contributed by atoms with Gasteiger partial charge in [0.25, 0.3) is 0 Å². The van der Waals surface area contributed by atoms with Crippen LogP contribution in [-0.2, 0) is 11.3 Å². The van der Waals surface area contributed by atoms with Crippen LogP contribution < -0.4 is 5.32 Å². The Morgan fingerprint density at radius 1 is 1.19 bits per heavy atom. The van der Waals surface area contributed by atoms with Crippen LogP contribution in [0.5, 0.6) is 0 Å². The molecule has 5 rings (SSSR count). The van der Waals surface area contributed by atoms with Gasteiger partial charge in [0.15, 0.2) is 0 Å². The summed E-state index contributed by atoms with van der Waals surface area (Å²) >= 11 is 0. The van der Waals surface area contributed by atoms with Crippen LogP contribution in [0.1, 0.15) is 31.9 Å². The van der Waals surface area contributed by atoms with Gasteiger partial charge in [-0.05, 0) is 62.9 Å². The fourth-order valence-electron chi connectivity index (χ4n) is 4.10. The van der Waals surface area contributed by atoms with Crippen molar-refractivity contribution < 1.29 is 4.74 Å². The molecule has 1 N–H and O–H groups in total. The maximum Gasteiger partial charge on any atom is 0.150 e. The van der Waals surface area contributed by atoms with Gasteiger partial charge in [-0.15, -0.1) is 0 Å². The number of rotatable bonds is 4. The van der Waals surface area contributed by atoms with Crippen molar-refractivity contribution in [1.82, 2.24) is 24.6 Å². The molecule has 0 aliphatic carbocycles. The van der Waals surface area contributed by atoms with Crippen LogP contribution in [0.4, 0.5) is 0 Å². The molecule has 0 spiro atoms. The number of nitrogens with one attached hydrogen (secondary N) is 1. The number of ether oxygens (including phenoxy) is 1. The third-order valence-corrected chi connectivity index (χ3v) is 5.59. The first-order chi connectivity index (χ1) is 12.9. The maximum absolute atomic E-state index is 5.82. The summed E-state index contributed by atoms with van der Waals surface area (Å²) in [5.41, 5.74) is 4.28. The third-order valence-electron chi connectivity index (χ3n) is 5.59. The number of pyridine rings is 1. The molecule has 2 unspecified atom stereocenters. The summed E-state index contributed by atoms with van der Waals surface area (Å²) in [5, 5.41) is 7.95. The Morgan fingerprint density at radius 2 is 2.19 bits per heavy atom. The fraction of sp³-hybridized carbons (Fsp3) is 0.500. The Bertz CT molecular complexity index is 887. The van der Waals surface area contributed by atoms with Crippen molar-refractivity contribution in [3.63, 3.8) is 0 Å². The van der Waals surface area contributed by atoms with Gasteiger partial charge in [-0.2, -0.15) is 5.10 Å². The second-order valence-corrected chi connectivity index (χ2v) is 7.46. The lowest BCUT2D eigenvalue weighted by molar-refractivity contribution is -0.0394. The van der Waals surface area contributed by atoms with Crippen LogP contribution >= 0.6 is 0 Å². The molecule has 2 aliphatic heterocycles. The van der Waals surface area contributed by atoms with E-state index in [9.17, 15) is 0 Å². The first-order valence-electron chi connectivity index (χ1n) is 9.69. The standard InChI is InChI=1S/C20H25N5O/c1-2-10-26-20(3-1)25-14-16(12-22-25)17-4-5-19-18(23-17)7-9-24(19)13-15-6-8-21-11-15/h4-5,7,9,12,14-15,20-21H,1-3,6,8,10-11,13H2. The zero-order valence-corrected chi connectivity index (χ0v) is 15.0. The molecular weight excluding hydrogens is 326 g/mol. The van der Waals surface area contributed by atoms with Crippen molar-refractivity contribution in [3.05, 3.63) is 36.8 Å². The lowest BCUT2D eigenvalue weighted by Gasteiger charge is -2.22. The Hall–Kier alpha value is -2.18. The third kappa shape index (κ3) is 3.04. The van der Waals surface area contributed by atoms with Crippen LogP contribution in [-0.4, -0.2) is 39.0 Å². The number of hydrogen-bond acceptors (Lipinski definition) is 4.